The van der Waals surface area contributed by atoms with Crippen LogP contribution >= 0.6 is 0 Å². The largest absolute Gasteiger partial charge is 0.485 e. The lowest BCUT2D eigenvalue weighted by atomic mass is 9.90. The maximum atomic E-state index is 6.31. The van der Waals surface area contributed by atoms with Crippen molar-refractivity contribution in [2.24, 2.45) is 0 Å². The third-order valence-corrected chi connectivity index (χ3v) is 4.39. The second kappa shape index (κ2) is 5.90. The van der Waals surface area contributed by atoms with Gasteiger partial charge in [0.2, 0.25) is 0 Å². The molecular formula is C19H23NO. The number of ether oxygens (including phenoxy) is 1. The molecule has 2 unspecified atom stereocenters. The molecule has 0 amide bonds. The zero-order chi connectivity index (χ0) is 14.8. The van der Waals surface area contributed by atoms with Gasteiger partial charge < -0.3 is 10.1 Å². The molecule has 110 valence electrons. The van der Waals surface area contributed by atoms with Crippen LogP contribution in [0.4, 0.5) is 0 Å². The number of aryl methyl sites for hydroxylation is 2. The molecule has 0 fully saturated rings. The summed E-state index contributed by atoms with van der Waals surface area (Å²) in [6.07, 6.45) is 2.15. The minimum Gasteiger partial charge on any atom is -0.485 e. The Morgan fingerprint density at radius 2 is 1.95 bits per heavy atom. The Morgan fingerprint density at radius 1 is 1.14 bits per heavy atom. The summed E-state index contributed by atoms with van der Waals surface area (Å²) in [5.74, 6) is 1.02. The molecule has 0 saturated carbocycles. The molecule has 3 rings (SSSR count). The lowest BCUT2D eigenvalue weighted by molar-refractivity contribution is 0.153. The average molecular weight is 281 g/mol. The van der Waals surface area contributed by atoms with Crippen LogP contribution in [0.5, 0.6) is 5.75 Å². The van der Waals surface area contributed by atoms with Crippen molar-refractivity contribution in [2.75, 3.05) is 7.05 Å². The van der Waals surface area contributed by atoms with Crippen LogP contribution in [0.1, 0.15) is 47.7 Å². The molecule has 2 aromatic carbocycles. The van der Waals surface area contributed by atoms with Gasteiger partial charge in [-0.2, -0.15) is 0 Å². The number of nitrogens with one attached hydrogen (secondary N) is 1. The van der Waals surface area contributed by atoms with E-state index in [1.807, 2.05) is 7.05 Å². The second-order valence-electron chi connectivity index (χ2n) is 5.78. The Kier molecular flexibility index (Phi) is 3.98. The second-order valence-corrected chi connectivity index (χ2v) is 5.78. The van der Waals surface area contributed by atoms with Crippen molar-refractivity contribution in [1.29, 1.82) is 0 Å². The fraction of sp³-hybridized carbons (Fsp3) is 0.368. The van der Waals surface area contributed by atoms with E-state index in [4.69, 9.17) is 4.74 Å². The van der Waals surface area contributed by atoms with Gasteiger partial charge in [0, 0.05) is 18.0 Å². The summed E-state index contributed by atoms with van der Waals surface area (Å²) in [6, 6.07) is 15.4. The predicted octanol–water partition coefficient (Wildman–Crippen LogP) is 4.34. The fourth-order valence-electron chi connectivity index (χ4n) is 3.22. The molecular weight excluding hydrogens is 258 g/mol. The topological polar surface area (TPSA) is 21.3 Å². The molecule has 0 aliphatic carbocycles. The third-order valence-electron chi connectivity index (χ3n) is 4.39. The predicted molar refractivity (Wildman–Crippen MR) is 86.8 cm³/mol. The lowest BCUT2D eigenvalue weighted by Gasteiger charge is -2.33. The Labute approximate surface area is 127 Å². The van der Waals surface area contributed by atoms with Crippen LogP contribution in [-0.4, -0.2) is 7.05 Å². The summed E-state index contributed by atoms with van der Waals surface area (Å²) in [5.41, 5.74) is 5.27. The Bertz CT molecular complexity index is 635. The molecule has 0 spiro atoms. The Hall–Kier alpha value is -1.80. The number of benzene rings is 2. The SMILES string of the molecule is CCc1ccccc1C1CC(NC)c2cc(C)ccc2O1. The molecule has 1 heterocycles. The third kappa shape index (κ3) is 2.68. The minimum atomic E-state index is 0.133. The van der Waals surface area contributed by atoms with Crippen molar-refractivity contribution in [3.05, 3.63) is 64.7 Å². The number of rotatable bonds is 3. The van der Waals surface area contributed by atoms with Gasteiger partial charge in [0.25, 0.3) is 0 Å². The maximum Gasteiger partial charge on any atom is 0.126 e. The summed E-state index contributed by atoms with van der Waals surface area (Å²) in [5, 5.41) is 3.44. The number of hydrogen-bond donors (Lipinski definition) is 1. The first-order valence-corrected chi connectivity index (χ1v) is 7.75. The van der Waals surface area contributed by atoms with Gasteiger partial charge in [-0.3, -0.25) is 0 Å². The van der Waals surface area contributed by atoms with Gasteiger partial charge in [-0.25, -0.2) is 0 Å². The van der Waals surface area contributed by atoms with Crippen LogP contribution in [0, 0.1) is 6.92 Å². The summed E-state index contributed by atoms with van der Waals surface area (Å²) in [6.45, 7) is 4.33. The van der Waals surface area contributed by atoms with E-state index in [1.165, 1.54) is 22.3 Å². The lowest BCUT2D eigenvalue weighted by Crippen LogP contribution is -2.27. The average Bonchev–Trinajstić information content (AvgIpc) is 2.53. The van der Waals surface area contributed by atoms with E-state index in [0.717, 1.165) is 18.6 Å². The van der Waals surface area contributed by atoms with Gasteiger partial charge in [-0.05, 0) is 37.6 Å². The van der Waals surface area contributed by atoms with E-state index in [-0.39, 0.29) is 6.10 Å². The smallest absolute Gasteiger partial charge is 0.126 e. The van der Waals surface area contributed by atoms with Gasteiger partial charge in [0.1, 0.15) is 11.9 Å². The molecule has 2 atom stereocenters. The highest BCUT2D eigenvalue weighted by molar-refractivity contribution is 5.42. The molecule has 0 saturated heterocycles. The van der Waals surface area contributed by atoms with E-state index in [0.29, 0.717) is 6.04 Å². The van der Waals surface area contributed by atoms with Gasteiger partial charge in [0.15, 0.2) is 0 Å². The highest BCUT2D eigenvalue weighted by Gasteiger charge is 2.29. The normalized spacial score (nSPS) is 20.7. The van der Waals surface area contributed by atoms with Gasteiger partial charge >= 0.3 is 0 Å². The van der Waals surface area contributed by atoms with Gasteiger partial charge in [-0.15, -0.1) is 0 Å². The molecule has 2 aromatic rings. The molecule has 1 N–H and O–H groups in total. The minimum absolute atomic E-state index is 0.133. The Morgan fingerprint density at radius 3 is 2.71 bits per heavy atom. The van der Waals surface area contributed by atoms with E-state index >= 15 is 0 Å². The summed E-state index contributed by atoms with van der Waals surface area (Å²) < 4.78 is 6.31. The van der Waals surface area contributed by atoms with Gasteiger partial charge in [0.05, 0.1) is 0 Å². The summed E-state index contributed by atoms with van der Waals surface area (Å²) >= 11 is 0. The quantitative estimate of drug-likeness (QED) is 0.903. The number of fused-ring (bicyclic) bond motifs is 1. The van der Waals surface area contributed by atoms with Crippen molar-refractivity contribution in [2.45, 2.75) is 38.8 Å². The van der Waals surface area contributed by atoms with Crippen LogP contribution in [0.2, 0.25) is 0 Å². The maximum absolute atomic E-state index is 6.31. The molecule has 1 aliphatic rings. The first-order chi connectivity index (χ1) is 10.2. The molecule has 2 nitrogen and oxygen atoms in total. The van der Waals surface area contributed by atoms with Gasteiger partial charge in [-0.1, -0.05) is 48.9 Å². The zero-order valence-electron chi connectivity index (χ0n) is 13.0. The fourth-order valence-corrected chi connectivity index (χ4v) is 3.22. The van der Waals surface area contributed by atoms with E-state index in [1.54, 1.807) is 0 Å². The molecule has 1 aliphatic heterocycles. The standard InChI is InChI=1S/C19H23NO/c1-4-14-7-5-6-8-15(14)19-12-17(20-3)16-11-13(2)9-10-18(16)21-19/h5-11,17,19-20H,4,12H2,1-3H3. The molecule has 21 heavy (non-hydrogen) atoms. The van der Waals surface area contributed by atoms with E-state index < -0.39 is 0 Å². The number of hydrogen-bond acceptors (Lipinski definition) is 2. The zero-order valence-corrected chi connectivity index (χ0v) is 13.0. The molecule has 0 bridgehead atoms. The van der Waals surface area contributed by atoms with Crippen molar-refractivity contribution in [3.8, 4) is 5.75 Å². The first-order valence-electron chi connectivity index (χ1n) is 7.75. The van der Waals surface area contributed by atoms with Crippen molar-refractivity contribution in [3.63, 3.8) is 0 Å². The monoisotopic (exact) mass is 281 g/mol. The summed E-state index contributed by atoms with van der Waals surface area (Å²) in [4.78, 5) is 0. The highest BCUT2D eigenvalue weighted by atomic mass is 16.5. The van der Waals surface area contributed by atoms with Crippen LogP contribution in [0.15, 0.2) is 42.5 Å². The van der Waals surface area contributed by atoms with Crippen LogP contribution < -0.4 is 10.1 Å². The Balaban J connectivity index is 1.99. The molecule has 0 radical (unpaired) electrons. The van der Waals surface area contributed by atoms with Crippen molar-refractivity contribution < 1.29 is 4.74 Å². The first kappa shape index (κ1) is 14.2. The van der Waals surface area contributed by atoms with Crippen LogP contribution in [0.3, 0.4) is 0 Å². The van der Waals surface area contributed by atoms with E-state index in [9.17, 15) is 0 Å². The molecule has 2 heteroatoms. The summed E-state index contributed by atoms with van der Waals surface area (Å²) in [7, 11) is 2.03. The van der Waals surface area contributed by atoms with Crippen LogP contribution in [0.25, 0.3) is 0 Å². The van der Waals surface area contributed by atoms with Crippen molar-refractivity contribution in [1.82, 2.24) is 5.32 Å². The van der Waals surface area contributed by atoms with Crippen molar-refractivity contribution >= 4 is 0 Å². The van der Waals surface area contributed by atoms with E-state index in [2.05, 4.69) is 61.6 Å². The van der Waals surface area contributed by atoms with Crippen LogP contribution in [-0.2, 0) is 6.42 Å². The highest BCUT2D eigenvalue weighted by Crippen LogP contribution is 2.41. The molecule has 0 aromatic heterocycles.